The highest BCUT2D eigenvalue weighted by Crippen LogP contribution is 2.46. The average Bonchev–Trinajstić information content (AvgIpc) is 3.09. The molecule has 2 N–H and O–H groups in total. The fraction of sp³-hybridized carbons (Fsp3) is 0.529. The molecule has 2 aromatic carbocycles. The van der Waals surface area contributed by atoms with Crippen LogP contribution in [0.25, 0.3) is 0 Å². The van der Waals surface area contributed by atoms with Crippen molar-refractivity contribution in [2.75, 3.05) is 24.6 Å². The highest BCUT2D eigenvalue weighted by molar-refractivity contribution is 7.99. The number of amides is 1. The lowest BCUT2D eigenvalue weighted by atomic mass is 9.68. The van der Waals surface area contributed by atoms with Gasteiger partial charge in [-0.15, -0.1) is 0 Å². The molecule has 2 aliphatic carbocycles. The van der Waals surface area contributed by atoms with Crippen molar-refractivity contribution in [3.63, 3.8) is 0 Å². The molecule has 0 aromatic heterocycles. The minimum absolute atomic E-state index is 0.00998. The van der Waals surface area contributed by atoms with Crippen LogP contribution in [0.1, 0.15) is 67.9 Å². The second kappa shape index (κ2) is 11.2. The number of allylic oxidation sites excluding steroid dienone is 1. The summed E-state index contributed by atoms with van der Waals surface area (Å²) in [4.78, 5) is 15.9. The van der Waals surface area contributed by atoms with Gasteiger partial charge in [0.05, 0.1) is 28.1 Å². The maximum absolute atomic E-state index is 13.7. The summed E-state index contributed by atoms with van der Waals surface area (Å²) in [7, 11) is -2.94. The number of hydrogen-bond donors (Lipinski definition) is 2. The van der Waals surface area contributed by atoms with Crippen LogP contribution in [-0.4, -0.2) is 52.1 Å². The number of carbonyl (C=O) groups is 1. The van der Waals surface area contributed by atoms with Crippen LogP contribution in [0.4, 0.5) is 5.69 Å². The van der Waals surface area contributed by atoms with Crippen LogP contribution in [0, 0.1) is 23.7 Å². The molecule has 6 rings (SSSR count). The quantitative estimate of drug-likeness (QED) is 0.292. The van der Waals surface area contributed by atoms with Gasteiger partial charge in [-0.25, -0.2) is 4.21 Å². The second-order valence-corrected chi connectivity index (χ2v) is 16.1. The van der Waals surface area contributed by atoms with E-state index in [9.17, 15) is 14.1 Å². The SMILES string of the molecule is C=S1(=O)NC(=O)c2ccc3c(c2)N(C[C@@H]2CC[C@H]2[C@@H](O)/C=C/[C@@H](C)[C@@H](C)[C@@H]1C)C[C@@]1(CCCc2cc(Cl)ccc21)CO3. The summed E-state index contributed by atoms with van der Waals surface area (Å²) >= 11 is 6.40. The van der Waals surface area contributed by atoms with Gasteiger partial charge in [0.1, 0.15) is 5.75 Å². The molecule has 0 saturated heterocycles. The van der Waals surface area contributed by atoms with Crippen molar-refractivity contribution in [1.29, 1.82) is 0 Å². The summed E-state index contributed by atoms with van der Waals surface area (Å²) < 4.78 is 23.1. The van der Waals surface area contributed by atoms with Gasteiger partial charge in [0, 0.05) is 34.3 Å². The third-order valence-electron chi connectivity index (χ3n) is 10.7. The predicted molar refractivity (Wildman–Crippen MR) is 172 cm³/mol. The van der Waals surface area contributed by atoms with Crippen molar-refractivity contribution in [2.24, 2.45) is 23.7 Å². The molecule has 1 spiro atoms. The molecule has 226 valence electrons. The fourth-order valence-electron chi connectivity index (χ4n) is 7.50. The Bertz CT molecular complexity index is 1510. The zero-order valence-corrected chi connectivity index (χ0v) is 26.4. The Hall–Kier alpha value is -2.48. The van der Waals surface area contributed by atoms with E-state index in [4.69, 9.17) is 16.3 Å². The smallest absolute Gasteiger partial charge is 0.262 e. The lowest BCUT2D eigenvalue weighted by Gasteiger charge is -2.45. The topological polar surface area (TPSA) is 78.9 Å². The number of anilines is 1. The minimum atomic E-state index is -2.94. The number of halogens is 1. The average molecular weight is 611 g/mol. The van der Waals surface area contributed by atoms with Crippen molar-refractivity contribution < 1.29 is 18.8 Å². The summed E-state index contributed by atoms with van der Waals surface area (Å²) in [6.45, 7) is 8.02. The van der Waals surface area contributed by atoms with Crippen LogP contribution in [0.5, 0.6) is 5.75 Å². The maximum Gasteiger partial charge on any atom is 0.262 e. The monoisotopic (exact) mass is 610 g/mol. The number of rotatable bonds is 0. The number of hydrogen-bond acceptors (Lipinski definition) is 5. The number of carbonyl (C=O) groups excluding carboxylic acids is 1. The molecule has 1 saturated carbocycles. The molecule has 4 aliphatic rings. The van der Waals surface area contributed by atoms with Gasteiger partial charge in [-0.2, -0.15) is 0 Å². The van der Waals surface area contributed by atoms with Crippen LogP contribution >= 0.6 is 11.6 Å². The van der Waals surface area contributed by atoms with Gasteiger partial charge < -0.3 is 14.7 Å². The maximum atomic E-state index is 13.7. The number of aryl methyl sites for hydroxylation is 1. The molecule has 8 heteroatoms. The first-order chi connectivity index (χ1) is 20.0. The number of aliphatic hydroxyl groups is 1. The van der Waals surface area contributed by atoms with E-state index in [0.717, 1.165) is 61.7 Å². The molecule has 2 aromatic rings. The van der Waals surface area contributed by atoms with Crippen molar-refractivity contribution in [2.45, 2.75) is 69.6 Å². The summed E-state index contributed by atoms with van der Waals surface area (Å²) in [6, 6.07) is 11.8. The number of fused-ring (bicyclic) bond motifs is 4. The van der Waals surface area contributed by atoms with Crippen LogP contribution < -0.4 is 14.4 Å². The number of aliphatic hydroxyl groups excluding tert-OH is 1. The molecule has 8 atom stereocenters. The van der Waals surface area contributed by atoms with Crippen molar-refractivity contribution in [1.82, 2.24) is 4.72 Å². The highest BCUT2D eigenvalue weighted by atomic mass is 35.5. The van der Waals surface area contributed by atoms with E-state index in [1.54, 1.807) is 6.07 Å². The Morgan fingerprint density at radius 1 is 1.14 bits per heavy atom. The second-order valence-electron chi connectivity index (χ2n) is 13.2. The van der Waals surface area contributed by atoms with Crippen LogP contribution in [0.15, 0.2) is 48.6 Å². The van der Waals surface area contributed by atoms with E-state index in [0.29, 0.717) is 18.1 Å². The molecular weight excluding hydrogens is 568 g/mol. The van der Waals surface area contributed by atoms with Gasteiger partial charge in [-0.1, -0.05) is 43.7 Å². The lowest BCUT2D eigenvalue weighted by molar-refractivity contribution is 0.0454. The lowest BCUT2D eigenvalue weighted by Crippen LogP contribution is -2.49. The van der Waals surface area contributed by atoms with Crippen molar-refractivity contribution in [3.05, 3.63) is 70.3 Å². The molecule has 6 nitrogen and oxygen atoms in total. The first-order valence-electron chi connectivity index (χ1n) is 15.3. The Morgan fingerprint density at radius 2 is 1.95 bits per heavy atom. The highest BCUT2D eigenvalue weighted by Gasteiger charge is 2.44. The van der Waals surface area contributed by atoms with Gasteiger partial charge >= 0.3 is 0 Å². The molecule has 2 aliphatic heterocycles. The van der Waals surface area contributed by atoms with Gasteiger partial charge in [-0.05, 0) is 110 Å². The normalized spacial score (nSPS) is 37.4. The fourth-order valence-corrected chi connectivity index (χ4v) is 9.25. The van der Waals surface area contributed by atoms with Crippen molar-refractivity contribution in [3.8, 4) is 5.75 Å². The Morgan fingerprint density at radius 3 is 2.71 bits per heavy atom. The predicted octanol–water partition coefficient (Wildman–Crippen LogP) is 5.79. The Balaban J connectivity index is 1.43. The van der Waals surface area contributed by atoms with Gasteiger partial charge in [0.25, 0.3) is 5.91 Å². The summed E-state index contributed by atoms with van der Waals surface area (Å²) in [5.74, 6) is 4.86. The summed E-state index contributed by atoms with van der Waals surface area (Å²) in [5, 5.41) is 11.7. The van der Waals surface area contributed by atoms with E-state index in [1.807, 2.05) is 44.2 Å². The van der Waals surface area contributed by atoms with E-state index >= 15 is 0 Å². The van der Waals surface area contributed by atoms with E-state index in [1.165, 1.54) is 11.1 Å². The molecule has 2 heterocycles. The first kappa shape index (κ1) is 29.6. The number of ether oxygens (including phenoxy) is 1. The molecule has 1 fully saturated rings. The largest absolute Gasteiger partial charge is 0.490 e. The van der Waals surface area contributed by atoms with Crippen molar-refractivity contribution >= 4 is 38.8 Å². The summed E-state index contributed by atoms with van der Waals surface area (Å²) in [5.41, 5.74) is 3.66. The first-order valence-corrected chi connectivity index (χ1v) is 17.5. The van der Waals surface area contributed by atoms with Crippen LogP contribution in [0.2, 0.25) is 5.02 Å². The molecule has 0 radical (unpaired) electrons. The van der Waals surface area contributed by atoms with Crippen LogP contribution in [-0.2, 0) is 21.5 Å². The minimum Gasteiger partial charge on any atom is -0.490 e. The number of nitrogens with zero attached hydrogens (tertiary/aromatic N) is 1. The zero-order chi connectivity index (χ0) is 29.8. The summed E-state index contributed by atoms with van der Waals surface area (Å²) in [6.07, 6.45) is 8.52. The molecular formula is C34H43ClN2O4S. The van der Waals surface area contributed by atoms with Gasteiger partial charge in [-0.3, -0.25) is 9.52 Å². The zero-order valence-electron chi connectivity index (χ0n) is 24.9. The third kappa shape index (κ3) is 5.37. The molecule has 2 bridgehead atoms. The van der Waals surface area contributed by atoms with Crippen LogP contribution in [0.3, 0.4) is 0 Å². The number of benzene rings is 2. The number of nitrogens with one attached hydrogen (secondary N) is 1. The van der Waals surface area contributed by atoms with E-state index in [2.05, 4.69) is 34.5 Å². The molecule has 42 heavy (non-hydrogen) atoms. The van der Waals surface area contributed by atoms with Gasteiger partial charge in [0.15, 0.2) is 0 Å². The van der Waals surface area contributed by atoms with Gasteiger partial charge in [0.2, 0.25) is 0 Å². The molecule has 1 amide bonds. The van der Waals surface area contributed by atoms with E-state index in [-0.39, 0.29) is 34.3 Å². The Kier molecular flexibility index (Phi) is 7.90. The Labute approximate surface area is 255 Å². The van der Waals surface area contributed by atoms with E-state index < -0.39 is 15.8 Å². The third-order valence-corrected chi connectivity index (χ3v) is 13.1. The standard InChI is InChI=1S/C34H43ClN2O4S/c1-21-7-13-31(38)28-11-8-26(28)18-37-19-34(15-5-6-24-16-27(35)10-12-29(24)34)20-41-32-14-9-25(17-30(32)37)33(39)36-42(4,40)23(3)22(21)2/h7,9-10,12-14,16-17,21-23,26,28,31,38H,4-6,8,11,15,18-20H2,1-3H3,(H,36,39,40)/b13-7+/t21-,22-,23+,26+,28-,31+,34+,42?/m1/s1. The molecule has 1 unspecified atom stereocenters.